The van der Waals surface area contributed by atoms with E-state index in [0.717, 1.165) is 22.2 Å². The molecule has 3 rings (SSSR count). The van der Waals surface area contributed by atoms with Crippen LogP contribution in [0.25, 0.3) is 10.9 Å². The monoisotopic (exact) mass is 323 g/mol. The van der Waals surface area contributed by atoms with Crippen LogP contribution in [0.2, 0.25) is 0 Å². The number of ether oxygens (including phenoxy) is 2. The van der Waals surface area contributed by atoms with Gasteiger partial charge in [0.05, 0.1) is 18.8 Å². The molecule has 24 heavy (non-hydrogen) atoms. The second-order valence-electron chi connectivity index (χ2n) is 5.52. The Bertz CT molecular complexity index is 851. The van der Waals surface area contributed by atoms with Crippen molar-refractivity contribution in [1.29, 1.82) is 0 Å². The molecular weight excluding hydrogens is 302 g/mol. The summed E-state index contributed by atoms with van der Waals surface area (Å²) in [5, 5.41) is 1.14. The summed E-state index contributed by atoms with van der Waals surface area (Å²) in [5.41, 5.74) is 2.79. The Kier molecular flexibility index (Phi) is 4.85. The van der Waals surface area contributed by atoms with Crippen LogP contribution in [0.5, 0.6) is 5.75 Å². The van der Waals surface area contributed by atoms with Gasteiger partial charge in [-0.25, -0.2) is 4.79 Å². The first-order valence-corrected chi connectivity index (χ1v) is 8.19. The third kappa shape index (κ3) is 3.43. The number of hydrogen-bond donors (Lipinski definition) is 0. The van der Waals surface area contributed by atoms with Crippen molar-refractivity contribution in [2.75, 3.05) is 13.2 Å². The van der Waals surface area contributed by atoms with Crippen molar-refractivity contribution >= 4 is 16.9 Å². The average molecular weight is 323 g/mol. The number of fused-ring (bicyclic) bond motifs is 1. The van der Waals surface area contributed by atoms with Crippen molar-refractivity contribution in [1.82, 2.24) is 4.57 Å². The van der Waals surface area contributed by atoms with Crippen molar-refractivity contribution in [2.45, 2.75) is 20.4 Å². The van der Waals surface area contributed by atoms with Crippen LogP contribution in [-0.4, -0.2) is 23.8 Å². The summed E-state index contributed by atoms with van der Waals surface area (Å²) in [4.78, 5) is 11.9. The van der Waals surface area contributed by atoms with Gasteiger partial charge in [-0.3, -0.25) is 0 Å². The topological polar surface area (TPSA) is 40.5 Å². The van der Waals surface area contributed by atoms with Gasteiger partial charge in [-0.2, -0.15) is 0 Å². The standard InChI is InChI=1S/C20H21NO3/c1-3-23-18-8-9-19-16(13-18)10-11-21(19)14-15-6-5-7-17(12-15)20(22)24-4-2/h5-13H,3-4,14H2,1-2H3. The Morgan fingerprint density at radius 3 is 2.71 bits per heavy atom. The zero-order chi connectivity index (χ0) is 16.9. The maximum Gasteiger partial charge on any atom is 0.338 e. The van der Waals surface area contributed by atoms with E-state index in [2.05, 4.69) is 22.9 Å². The number of esters is 1. The highest BCUT2D eigenvalue weighted by atomic mass is 16.5. The maximum absolute atomic E-state index is 11.9. The van der Waals surface area contributed by atoms with E-state index in [1.165, 1.54) is 0 Å². The predicted molar refractivity (Wildman–Crippen MR) is 94.6 cm³/mol. The van der Waals surface area contributed by atoms with Gasteiger partial charge in [0, 0.05) is 23.6 Å². The first-order chi connectivity index (χ1) is 11.7. The molecule has 4 nitrogen and oxygen atoms in total. The fourth-order valence-corrected chi connectivity index (χ4v) is 2.78. The van der Waals surface area contributed by atoms with E-state index in [-0.39, 0.29) is 5.97 Å². The van der Waals surface area contributed by atoms with Crippen molar-refractivity contribution in [3.63, 3.8) is 0 Å². The third-order valence-electron chi connectivity index (χ3n) is 3.84. The van der Waals surface area contributed by atoms with Gasteiger partial charge in [-0.15, -0.1) is 0 Å². The highest BCUT2D eigenvalue weighted by Crippen LogP contribution is 2.23. The summed E-state index contributed by atoms with van der Waals surface area (Å²) < 4.78 is 12.8. The quantitative estimate of drug-likeness (QED) is 0.636. The number of rotatable bonds is 6. The van der Waals surface area contributed by atoms with Gasteiger partial charge in [-0.05, 0) is 55.8 Å². The van der Waals surface area contributed by atoms with Crippen molar-refractivity contribution in [3.8, 4) is 5.75 Å². The van der Waals surface area contributed by atoms with E-state index in [1.807, 2.05) is 44.2 Å². The molecule has 0 unspecified atom stereocenters. The molecule has 0 spiro atoms. The second kappa shape index (κ2) is 7.21. The van der Waals surface area contributed by atoms with E-state index >= 15 is 0 Å². The van der Waals surface area contributed by atoms with E-state index in [1.54, 1.807) is 6.07 Å². The summed E-state index contributed by atoms with van der Waals surface area (Å²) in [6.45, 7) is 5.53. The van der Waals surface area contributed by atoms with Gasteiger partial charge in [0.1, 0.15) is 5.75 Å². The van der Waals surface area contributed by atoms with Crippen LogP contribution in [0.1, 0.15) is 29.8 Å². The Balaban J connectivity index is 1.85. The maximum atomic E-state index is 11.9. The molecule has 0 radical (unpaired) electrons. The summed E-state index contributed by atoms with van der Waals surface area (Å²) in [6.07, 6.45) is 2.05. The molecule has 0 saturated heterocycles. The van der Waals surface area contributed by atoms with Crippen molar-refractivity contribution in [2.24, 2.45) is 0 Å². The second-order valence-corrected chi connectivity index (χ2v) is 5.52. The zero-order valence-corrected chi connectivity index (χ0v) is 14.0. The molecule has 0 fully saturated rings. The molecule has 1 heterocycles. The Morgan fingerprint density at radius 2 is 1.92 bits per heavy atom. The highest BCUT2D eigenvalue weighted by Gasteiger charge is 2.08. The van der Waals surface area contributed by atoms with Gasteiger partial charge in [0.25, 0.3) is 0 Å². The van der Waals surface area contributed by atoms with Crippen LogP contribution in [0.4, 0.5) is 0 Å². The van der Waals surface area contributed by atoms with E-state index in [0.29, 0.717) is 25.3 Å². The fraction of sp³-hybridized carbons (Fsp3) is 0.250. The minimum Gasteiger partial charge on any atom is -0.494 e. The lowest BCUT2D eigenvalue weighted by molar-refractivity contribution is 0.0526. The van der Waals surface area contributed by atoms with Gasteiger partial charge >= 0.3 is 5.97 Å². The first-order valence-electron chi connectivity index (χ1n) is 8.19. The van der Waals surface area contributed by atoms with Gasteiger partial charge in [0.15, 0.2) is 0 Å². The summed E-state index contributed by atoms with van der Waals surface area (Å²) in [6, 6.07) is 15.7. The Labute approximate surface area is 141 Å². The number of nitrogens with zero attached hydrogens (tertiary/aromatic N) is 1. The lowest BCUT2D eigenvalue weighted by Gasteiger charge is -2.09. The summed E-state index contributed by atoms with van der Waals surface area (Å²) in [5.74, 6) is 0.602. The first kappa shape index (κ1) is 16.1. The Hall–Kier alpha value is -2.75. The number of carbonyl (C=O) groups excluding carboxylic acids is 1. The van der Waals surface area contributed by atoms with Crippen LogP contribution in [-0.2, 0) is 11.3 Å². The molecule has 0 aliphatic rings. The van der Waals surface area contributed by atoms with Crippen molar-refractivity contribution < 1.29 is 14.3 Å². The normalized spacial score (nSPS) is 10.8. The van der Waals surface area contributed by atoms with Gasteiger partial charge in [-0.1, -0.05) is 12.1 Å². The fourth-order valence-electron chi connectivity index (χ4n) is 2.78. The molecule has 0 aliphatic heterocycles. The molecule has 0 bridgehead atoms. The van der Waals surface area contributed by atoms with Crippen LogP contribution < -0.4 is 4.74 Å². The molecule has 0 aliphatic carbocycles. The molecule has 124 valence electrons. The molecule has 2 aromatic carbocycles. The summed E-state index contributed by atoms with van der Waals surface area (Å²) in [7, 11) is 0. The van der Waals surface area contributed by atoms with Gasteiger partial charge < -0.3 is 14.0 Å². The van der Waals surface area contributed by atoms with E-state index in [9.17, 15) is 4.79 Å². The molecule has 4 heteroatoms. The molecule has 0 atom stereocenters. The largest absolute Gasteiger partial charge is 0.494 e. The zero-order valence-electron chi connectivity index (χ0n) is 14.0. The lowest BCUT2D eigenvalue weighted by Crippen LogP contribution is -2.06. The summed E-state index contributed by atoms with van der Waals surface area (Å²) >= 11 is 0. The molecule has 0 amide bonds. The van der Waals surface area contributed by atoms with E-state index in [4.69, 9.17) is 9.47 Å². The van der Waals surface area contributed by atoms with Crippen molar-refractivity contribution in [3.05, 3.63) is 65.9 Å². The third-order valence-corrected chi connectivity index (χ3v) is 3.84. The highest BCUT2D eigenvalue weighted by molar-refractivity contribution is 5.89. The Morgan fingerprint density at radius 1 is 1.04 bits per heavy atom. The van der Waals surface area contributed by atoms with Gasteiger partial charge in [0.2, 0.25) is 0 Å². The number of aromatic nitrogens is 1. The smallest absolute Gasteiger partial charge is 0.338 e. The number of hydrogen-bond acceptors (Lipinski definition) is 3. The minimum absolute atomic E-state index is 0.280. The predicted octanol–water partition coefficient (Wildman–Crippen LogP) is 4.27. The number of benzene rings is 2. The molecular formula is C20H21NO3. The van der Waals surface area contributed by atoms with Crippen LogP contribution >= 0.6 is 0 Å². The average Bonchev–Trinajstić information content (AvgIpc) is 2.98. The number of carbonyl (C=O) groups is 1. The SMILES string of the molecule is CCOC(=O)c1cccc(Cn2ccc3cc(OCC)ccc32)c1. The lowest BCUT2D eigenvalue weighted by atomic mass is 10.1. The molecule has 3 aromatic rings. The molecule has 0 saturated carbocycles. The minimum atomic E-state index is -0.280. The van der Waals surface area contributed by atoms with Crippen LogP contribution in [0.15, 0.2) is 54.7 Å². The van der Waals surface area contributed by atoms with Crippen LogP contribution in [0, 0.1) is 0 Å². The molecule has 0 N–H and O–H groups in total. The van der Waals surface area contributed by atoms with Crippen LogP contribution in [0.3, 0.4) is 0 Å². The molecule has 1 aromatic heterocycles. The van der Waals surface area contributed by atoms with E-state index < -0.39 is 0 Å².